The van der Waals surface area contributed by atoms with Crippen molar-refractivity contribution >= 4 is 5.91 Å². The maximum Gasteiger partial charge on any atom is 0.234 e. The molecule has 90 valence electrons. The highest BCUT2D eigenvalue weighted by Gasteiger charge is 2.31. The van der Waals surface area contributed by atoms with Crippen LogP contribution >= 0.6 is 0 Å². The van der Waals surface area contributed by atoms with E-state index in [0.717, 1.165) is 13.1 Å². The minimum atomic E-state index is 0.0181. The Morgan fingerprint density at radius 2 is 2.25 bits per heavy atom. The lowest BCUT2D eigenvalue weighted by Gasteiger charge is -2.22. The van der Waals surface area contributed by atoms with Gasteiger partial charge in [-0.3, -0.25) is 9.69 Å². The third-order valence-electron chi connectivity index (χ3n) is 3.07. The van der Waals surface area contributed by atoms with Crippen LogP contribution in [0.2, 0.25) is 0 Å². The third-order valence-corrected chi connectivity index (χ3v) is 3.07. The molecule has 1 heterocycles. The van der Waals surface area contributed by atoms with E-state index in [1.54, 1.807) is 0 Å². The number of amides is 1. The standard InChI is InChI=1S/C12H21N3O/c1-5-6-13-12(16)9-15-7-10(2)11(8-15)14(3)4/h1,10-11H,6-9H2,2-4H3,(H,13,16). The van der Waals surface area contributed by atoms with E-state index in [4.69, 9.17) is 6.42 Å². The van der Waals surface area contributed by atoms with Gasteiger partial charge >= 0.3 is 0 Å². The Kier molecular flexibility index (Phi) is 4.78. The molecular weight excluding hydrogens is 202 g/mol. The molecule has 2 atom stereocenters. The maximum atomic E-state index is 11.5. The van der Waals surface area contributed by atoms with Crippen molar-refractivity contribution in [3.05, 3.63) is 0 Å². The van der Waals surface area contributed by atoms with Crippen LogP contribution in [0.1, 0.15) is 6.92 Å². The molecule has 1 fully saturated rings. The van der Waals surface area contributed by atoms with Crippen molar-refractivity contribution in [3.8, 4) is 12.3 Å². The molecule has 0 bridgehead atoms. The normalized spacial score (nSPS) is 25.7. The minimum absolute atomic E-state index is 0.0181. The Morgan fingerprint density at radius 3 is 2.75 bits per heavy atom. The fourth-order valence-electron chi connectivity index (χ4n) is 2.26. The number of rotatable bonds is 4. The maximum absolute atomic E-state index is 11.5. The van der Waals surface area contributed by atoms with E-state index < -0.39 is 0 Å². The first kappa shape index (κ1) is 13.0. The van der Waals surface area contributed by atoms with Crippen LogP contribution in [0.3, 0.4) is 0 Å². The fourth-order valence-corrected chi connectivity index (χ4v) is 2.26. The Bertz CT molecular complexity index is 282. The van der Waals surface area contributed by atoms with Crippen LogP contribution in [0.5, 0.6) is 0 Å². The van der Waals surface area contributed by atoms with E-state index >= 15 is 0 Å². The summed E-state index contributed by atoms with van der Waals surface area (Å²) in [5.74, 6) is 3.03. The second-order valence-corrected chi connectivity index (χ2v) is 4.68. The van der Waals surface area contributed by atoms with Gasteiger partial charge in [0.2, 0.25) is 5.91 Å². The van der Waals surface area contributed by atoms with Gasteiger partial charge in [0.25, 0.3) is 0 Å². The van der Waals surface area contributed by atoms with E-state index in [1.807, 2.05) is 0 Å². The molecule has 1 saturated heterocycles. The molecule has 0 saturated carbocycles. The number of carbonyl (C=O) groups excluding carboxylic acids is 1. The van der Waals surface area contributed by atoms with Crippen molar-refractivity contribution < 1.29 is 4.79 Å². The van der Waals surface area contributed by atoms with Crippen molar-refractivity contribution in [1.82, 2.24) is 15.1 Å². The smallest absolute Gasteiger partial charge is 0.234 e. The SMILES string of the molecule is C#CCNC(=O)CN1CC(C)C(N(C)C)C1. The van der Waals surface area contributed by atoms with Crippen LogP contribution < -0.4 is 5.32 Å². The number of terminal acetylenes is 1. The molecule has 1 aliphatic heterocycles. The number of hydrogen-bond acceptors (Lipinski definition) is 3. The minimum Gasteiger partial charge on any atom is -0.344 e. The van der Waals surface area contributed by atoms with Crippen molar-refractivity contribution in [2.24, 2.45) is 5.92 Å². The molecule has 2 unspecified atom stereocenters. The Balaban J connectivity index is 2.36. The first-order valence-corrected chi connectivity index (χ1v) is 5.63. The fraction of sp³-hybridized carbons (Fsp3) is 0.750. The zero-order valence-corrected chi connectivity index (χ0v) is 10.4. The number of hydrogen-bond donors (Lipinski definition) is 1. The summed E-state index contributed by atoms with van der Waals surface area (Å²) >= 11 is 0. The monoisotopic (exact) mass is 223 g/mol. The summed E-state index contributed by atoms with van der Waals surface area (Å²) in [6, 6.07) is 0.542. The van der Waals surface area contributed by atoms with E-state index in [1.165, 1.54) is 0 Å². The summed E-state index contributed by atoms with van der Waals surface area (Å²) in [6.45, 7) is 4.93. The van der Waals surface area contributed by atoms with E-state index in [9.17, 15) is 4.79 Å². The van der Waals surface area contributed by atoms with Crippen LogP contribution in [0.4, 0.5) is 0 Å². The number of likely N-dealkylation sites (tertiary alicyclic amines) is 1. The highest BCUT2D eigenvalue weighted by molar-refractivity contribution is 5.78. The molecule has 0 aromatic heterocycles. The van der Waals surface area contributed by atoms with Gasteiger partial charge in [0.05, 0.1) is 13.1 Å². The first-order valence-electron chi connectivity index (χ1n) is 5.63. The Hall–Kier alpha value is -1.05. The van der Waals surface area contributed by atoms with Gasteiger partial charge in [-0.05, 0) is 20.0 Å². The molecule has 1 rings (SSSR count). The number of carbonyl (C=O) groups is 1. The predicted octanol–water partition coefficient (Wildman–Crippen LogP) is -0.382. The van der Waals surface area contributed by atoms with Gasteiger partial charge in [-0.1, -0.05) is 12.8 Å². The zero-order chi connectivity index (χ0) is 12.1. The largest absolute Gasteiger partial charge is 0.344 e. The molecule has 16 heavy (non-hydrogen) atoms. The summed E-state index contributed by atoms with van der Waals surface area (Å²) in [7, 11) is 4.17. The molecule has 0 aliphatic carbocycles. The molecule has 0 aromatic rings. The zero-order valence-electron chi connectivity index (χ0n) is 10.4. The molecule has 1 amide bonds. The van der Waals surface area contributed by atoms with E-state index in [0.29, 0.717) is 25.0 Å². The van der Waals surface area contributed by atoms with Gasteiger partial charge in [-0.15, -0.1) is 6.42 Å². The molecule has 0 radical (unpaired) electrons. The lowest BCUT2D eigenvalue weighted by Crippen LogP contribution is -2.38. The summed E-state index contributed by atoms with van der Waals surface area (Å²) < 4.78 is 0. The van der Waals surface area contributed by atoms with Crippen molar-refractivity contribution in [3.63, 3.8) is 0 Å². The molecule has 0 aromatic carbocycles. The lowest BCUT2D eigenvalue weighted by molar-refractivity contribution is -0.121. The van der Waals surface area contributed by atoms with Gasteiger partial charge in [-0.25, -0.2) is 0 Å². The summed E-state index contributed by atoms with van der Waals surface area (Å²) in [5.41, 5.74) is 0. The summed E-state index contributed by atoms with van der Waals surface area (Å²) in [6.07, 6.45) is 5.08. The van der Waals surface area contributed by atoms with Gasteiger partial charge in [0.15, 0.2) is 0 Å². The first-order chi connectivity index (χ1) is 7.54. The van der Waals surface area contributed by atoms with Gasteiger partial charge in [0, 0.05) is 19.1 Å². The average molecular weight is 223 g/mol. The second kappa shape index (κ2) is 5.88. The van der Waals surface area contributed by atoms with Gasteiger partial charge in [-0.2, -0.15) is 0 Å². The van der Waals surface area contributed by atoms with E-state index in [2.05, 4.69) is 42.1 Å². The number of likely N-dealkylation sites (N-methyl/N-ethyl adjacent to an activating group) is 1. The summed E-state index contributed by atoms with van der Waals surface area (Å²) in [4.78, 5) is 15.9. The summed E-state index contributed by atoms with van der Waals surface area (Å²) in [5, 5.41) is 2.69. The van der Waals surface area contributed by atoms with E-state index in [-0.39, 0.29) is 5.91 Å². The molecular formula is C12H21N3O. The lowest BCUT2D eigenvalue weighted by atomic mass is 10.1. The van der Waals surface area contributed by atoms with Crippen LogP contribution in [-0.2, 0) is 4.79 Å². The van der Waals surface area contributed by atoms with Crippen LogP contribution in [0.15, 0.2) is 0 Å². The highest BCUT2D eigenvalue weighted by atomic mass is 16.2. The highest BCUT2D eigenvalue weighted by Crippen LogP contribution is 2.19. The third kappa shape index (κ3) is 3.51. The number of nitrogens with one attached hydrogen (secondary N) is 1. The van der Waals surface area contributed by atoms with Crippen molar-refractivity contribution in [2.45, 2.75) is 13.0 Å². The number of nitrogens with zero attached hydrogens (tertiary/aromatic N) is 2. The molecule has 4 nitrogen and oxygen atoms in total. The van der Waals surface area contributed by atoms with Crippen LogP contribution in [0, 0.1) is 18.3 Å². The van der Waals surface area contributed by atoms with Crippen molar-refractivity contribution in [2.75, 3.05) is 40.3 Å². The second-order valence-electron chi connectivity index (χ2n) is 4.68. The molecule has 4 heteroatoms. The topological polar surface area (TPSA) is 35.6 Å². The van der Waals surface area contributed by atoms with Crippen LogP contribution in [-0.4, -0.2) is 62.0 Å². The predicted molar refractivity (Wildman–Crippen MR) is 64.9 cm³/mol. The molecule has 1 N–H and O–H groups in total. The Morgan fingerprint density at radius 1 is 1.56 bits per heavy atom. The molecule has 0 spiro atoms. The van der Waals surface area contributed by atoms with Crippen molar-refractivity contribution in [1.29, 1.82) is 0 Å². The molecule has 1 aliphatic rings. The van der Waals surface area contributed by atoms with Crippen LogP contribution in [0.25, 0.3) is 0 Å². The average Bonchev–Trinajstić information content (AvgIpc) is 2.56. The Labute approximate surface area is 98.0 Å². The van der Waals surface area contributed by atoms with Gasteiger partial charge in [0.1, 0.15) is 0 Å². The quantitative estimate of drug-likeness (QED) is 0.660. The van der Waals surface area contributed by atoms with Gasteiger partial charge < -0.3 is 10.2 Å².